The van der Waals surface area contributed by atoms with Gasteiger partial charge in [0.05, 0.1) is 12.5 Å². The molecule has 7 nitrogen and oxygen atoms in total. The van der Waals surface area contributed by atoms with Crippen LogP contribution in [0.4, 0.5) is 10.5 Å². The lowest BCUT2D eigenvalue weighted by atomic mass is 9.97. The van der Waals surface area contributed by atoms with Gasteiger partial charge in [-0.05, 0) is 58.7 Å². The first kappa shape index (κ1) is 20.7. The Balaban J connectivity index is 2.04. The normalized spacial score (nSPS) is 17.2. The van der Waals surface area contributed by atoms with Crippen molar-refractivity contribution < 1.29 is 23.9 Å². The molecule has 1 N–H and O–H groups in total. The van der Waals surface area contributed by atoms with Crippen molar-refractivity contribution in [2.75, 3.05) is 25.0 Å². The van der Waals surface area contributed by atoms with E-state index in [0.29, 0.717) is 30.9 Å². The lowest BCUT2D eigenvalue weighted by Crippen LogP contribution is -2.42. The Bertz CT molecular complexity index is 696. The highest BCUT2D eigenvalue weighted by Crippen LogP contribution is 2.21. The van der Waals surface area contributed by atoms with Crippen molar-refractivity contribution >= 4 is 23.7 Å². The topological polar surface area (TPSA) is 84.9 Å². The van der Waals surface area contributed by atoms with Gasteiger partial charge in [-0.15, -0.1) is 0 Å². The van der Waals surface area contributed by atoms with E-state index >= 15 is 0 Å². The summed E-state index contributed by atoms with van der Waals surface area (Å²) in [5.74, 6) is -0.710. The van der Waals surface area contributed by atoms with Crippen LogP contribution >= 0.6 is 0 Å². The van der Waals surface area contributed by atoms with E-state index < -0.39 is 11.7 Å². The van der Waals surface area contributed by atoms with E-state index in [0.717, 1.165) is 12.8 Å². The largest absolute Gasteiger partial charge is 0.466 e. The van der Waals surface area contributed by atoms with Crippen LogP contribution in [-0.2, 0) is 14.3 Å². The fourth-order valence-corrected chi connectivity index (χ4v) is 2.95. The summed E-state index contributed by atoms with van der Waals surface area (Å²) in [6.07, 6.45) is 0.904. The highest BCUT2D eigenvalue weighted by Gasteiger charge is 2.30. The van der Waals surface area contributed by atoms with Crippen LogP contribution in [0.25, 0.3) is 0 Å². The van der Waals surface area contributed by atoms with Gasteiger partial charge in [0, 0.05) is 24.3 Å². The van der Waals surface area contributed by atoms with E-state index in [1.54, 1.807) is 56.9 Å². The van der Waals surface area contributed by atoms with Crippen molar-refractivity contribution in [2.45, 2.75) is 46.1 Å². The first-order valence-corrected chi connectivity index (χ1v) is 9.25. The molecule has 1 aliphatic rings. The van der Waals surface area contributed by atoms with Crippen LogP contribution in [-0.4, -0.2) is 48.2 Å². The van der Waals surface area contributed by atoms with E-state index in [1.165, 1.54) is 0 Å². The summed E-state index contributed by atoms with van der Waals surface area (Å²) in [6, 6.07) is 6.70. The molecule has 1 saturated heterocycles. The molecular weight excluding hydrogens is 348 g/mol. The fourth-order valence-electron chi connectivity index (χ4n) is 2.95. The minimum absolute atomic E-state index is 0.170. The van der Waals surface area contributed by atoms with Crippen LogP contribution in [0.5, 0.6) is 0 Å². The summed E-state index contributed by atoms with van der Waals surface area (Å²) in [5.41, 5.74) is 0.329. The standard InChI is InChI=1S/C20H28N2O5/c1-5-26-18(24)15-9-7-11-22(13-15)17(23)14-8-6-10-16(12-14)21-19(25)27-20(2,3)4/h6,8,10,12,15H,5,7,9,11,13H2,1-4H3,(H,21,25)/t15-/m1/s1. The van der Waals surface area contributed by atoms with Gasteiger partial charge in [-0.1, -0.05) is 6.07 Å². The molecule has 1 aliphatic heterocycles. The molecule has 27 heavy (non-hydrogen) atoms. The van der Waals surface area contributed by atoms with Crippen molar-refractivity contribution in [3.63, 3.8) is 0 Å². The molecular formula is C20H28N2O5. The average molecular weight is 376 g/mol. The van der Waals surface area contributed by atoms with Gasteiger partial charge in [0.1, 0.15) is 5.60 Å². The van der Waals surface area contributed by atoms with E-state index in [4.69, 9.17) is 9.47 Å². The second kappa shape index (κ2) is 8.88. The number of piperidine rings is 1. The van der Waals surface area contributed by atoms with Gasteiger partial charge >= 0.3 is 12.1 Å². The number of hydrogen-bond acceptors (Lipinski definition) is 5. The molecule has 148 valence electrons. The summed E-state index contributed by atoms with van der Waals surface area (Å²) in [6.45, 7) is 8.39. The maximum atomic E-state index is 12.8. The summed E-state index contributed by atoms with van der Waals surface area (Å²) in [7, 11) is 0. The van der Waals surface area contributed by atoms with Crippen LogP contribution in [0.3, 0.4) is 0 Å². The van der Waals surface area contributed by atoms with Crippen molar-refractivity contribution in [1.29, 1.82) is 0 Å². The zero-order chi connectivity index (χ0) is 20.0. The molecule has 1 fully saturated rings. The zero-order valence-electron chi connectivity index (χ0n) is 16.4. The molecule has 2 rings (SSSR count). The summed E-state index contributed by atoms with van der Waals surface area (Å²) < 4.78 is 10.3. The lowest BCUT2D eigenvalue weighted by molar-refractivity contribution is -0.149. The Kier molecular flexibility index (Phi) is 6.82. The Hall–Kier alpha value is -2.57. The molecule has 0 aliphatic carbocycles. The van der Waals surface area contributed by atoms with Gasteiger partial charge in [0.15, 0.2) is 0 Å². The summed E-state index contributed by atoms with van der Waals surface area (Å²) >= 11 is 0. The Morgan fingerprint density at radius 3 is 2.67 bits per heavy atom. The summed E-state index contributed by atoms with van der Waals surface area (Å²) in [5, 5.41) is 2.63. The van der Waals surface area contributed by atoms with Crippen LogP contribution in [0.1, 0.15) is 50.9 Å². The molecule has 0 spiro atoms. The minimum atomic E-state index is -0.604. The van der Waals surface area contributed by atoms with Gasteiger partial charge in [-0.3, -0.25) is 14.9 Å². The molecule has 1 aromatic carbocycles. The number of carbonyl (C=O) groups is 3. The number of nitrogens with one attached hydrogen (secondary N) is 1. The lowest BCUT2D eigenvalue weighted by Gasteiger charge is -2.31. The second-order valence-corrected chi connectivity index (χ2v) is 7.55. The van der Waals surface area contributed by atoms with Gasteiger partial charge in [-0.2, -0.15) is 0 Å². The maximum absolute atomic E-state index is 12.8. The summed E-state index contributed by atoms with van der Waals surface area (Å²) in [4.78, 5) is 38.4. The quantitative estimate of drug-likeness (QED) is 0.814. The van der Waals surface area contributed by atoms with Crippen molar-refractivity contribution in [3.05, 3.63) is 29.8 Å². The molecule has 0 radical (unpaired) electrons. The molecule has 0 unspecified atom stereocenters. The number of nitrogens with zero attached hydrogens (tertiary/aromatic N) is 1. The Morgan fingerprint density at radius 2 is 2.00 bits per heavy atom. The predicted octanol–water partition coefficient (Wildman–Crippen LogP) is 3.45. The van der Waals surface area contributed by atoms with Crippen LogP contribution < -0.4 is 5.32 Å². The number of hydrogen-bond donors (Lipinski definition) is 1. The average Bonchev–Trinajstić information content (AvgIpc) is 2.60. The van der Waals surface area contributed by atoms with Gasteiger partial charge in [-0.25, -0.2) is 4.79 Å². The molecule has 1 heterocycles. The first-order valence-electron chi connectivity index (χ1n) is 9.25. The highest BCUT2D eigenvalue weighted by atomic mass is 16.6. The first-order chi connectivity index (χ1) is 12.7. The number of ether oxygens (including phenoxy) is 2. The van der Waals surface area contributed by atoms with E-state index in [9.17, 15) is 14.4 Å². The van der Waals surface area contributed by atoms with Gasteiger partial charge < -0.3 is 14.4 Å². The van der Waals surface area contributed by atoms with Gasteiger partial charge in [0.25, 0.3) is 5.91 Å². The fraction of sp³-hybridized carbons (Fsp3) is 0.550. The van der Waals surface area contributed by atoms with Crippen molar-refractivity contribution in [3.8, 4) is 0 Å². The van der Waals surface area contributed by atoms with Crippen LogP contribution in [0.15, 0.2) is 24.3 Å². The highest BCUT2D eigenvalue weighted by molar-refractivity contribution is 5.96. The monoisotopic (exact) mass is 376 g/mol. The van der Waals surface area contributed by atoms with Crippen LogP contribution in [0.2, 0.25) is 0 Å². The Morgan fingerprint density at radius 1 is 1.26 bits per heavy atom. The third-order valence-corrected chi connectivity index (χ3v) is 4.08. The molecule has 0 bridgehead atoms. The molecule has 0 aromatic heterocycles. The third-order valence-electron chi connectivity index (χ3n) is 4.08. The minimum Gasteiger partial charge on any atom is -0.466 e. The number of carbonyl (C=O) groups excluding carboxylic acids is 3. The predicted molar refractivity (Wildman–Crippen MR) is 102 cm³/mol. The number of rotatable bonds is 4. The number of benzene rings is 1. The second-order valence-electron chi connectivity index (χ2n) is 7.55. The third kappa shape index (κ3) is 6.27. The van der Waals surface area contributed by atoms with Crippen LogP contribution in [0, 0.1) is 5.92 Å². The van der Waals surface area contributed by atoms with Crippen molar-refractivity contribution in [1.82, 2.24) is 4.90 Å². The maximum Gasteiger partial charge on any atom is 0.412 e. The van der Waals surface area contributed by atoms with E-state index in [-0.39, 0.29) is 17.8 Å². The van der Waals surface area contributed by atoms with E-state index in [1.807, 2.05) is 0 Å². The van der Waals surface area contributed by atoms with Gasteiger partial charge in [0.2, 0.25) is 0 Å². The molecule has 1 atom stereocenters. The molecule has 7 heteroatoms. The molecule has 1 aromatic rings. The van der Waals surface area contributed by atoms with E-state index in [2.05, 4.69) is 5.32 Å². The molecule has 2 amide bonds. The zero-order valence-corrected chi connectivity index (χ0v) is 16.4. The van der Waals surface area contributed by atoms with Crippen molar-refractivity contribution in [2.24, 2.45) is 5.92 Å². The number of esters is 1. The number of anilines is 1. The Labute approximate surface area is 160 Å². The SMILES string of the molecule is CCOC(=O)[C@@H]1CCCN(C(=O)c2cccc(NC(=O)OC(C)(C)C)c2)C1. The molecule has 0 saturated carbocycles. The number of amides is 2. The smallest absolute Gasteiger partial charge is 0.412 e. The number of likely N-dealkylation sites (tertiary alicyclic amines) is 1.